The van der Waals surface area contributed by atoms with E-state index in [-0.39, 0.29) is 29.1 Å². The van der Waals surface area contributed by atoms with E-state index in [4.69, 9.17) is 6.42 Å². The number of rotatable bonds is 8. The molecule has 0 fully saturated rings. The van der Waals surface area contributed by atoms with Crippen molar-refractivity contribution in [1.29, 1.82) is 0 Å². The smallest absolute Gasteiger partial charge is 0.300 e. The SMILES string of the molecule is C#Cc1ccc2c3c(c([C@@H](C)NC(=O)c4c(NS(=O)(=O)NCC)nn5cccnc45)n(-c4ccccc4)c(=O)c13)CCCC2. The summed E-state index contributed by atoms with van der Waals surface area (Å²) in [6, 6.07) is 14.0. The average molecular weight is 610 g/mol. The summed E-state index contributed by atoms with van der Waals surface area (Å²) in [5.41, 5.74) is 3.67. The Morgan fingerprint density at radius 1 is 1.09 bits per heavy atom. The number of anilines is 1. The fourth-order valence-corrected chi connectivity index (χ4v) is 6.89. The van der Waals surface area contributed by atoms with Gasteiger partial charge >= 0.3 is 0 Å². The van der Waals surface area contributed by atoms with Crippen LogP contribution in [0.2, 0.25) is 0 Å². The van der Waals surface area contributed by atoms with Crippen LogP contribution in [0.15, 0.2) is 65.7 Å². The van der Waals surface area contributed by atoms with Crippen LogP contribution in [0.3, 0.4) is 0 Å². The first kappa shape index (κ1) is 29.1. The van der Waals surface area contributed by atoms with Crippen LogP contribution in [0, 0.1) is 12.3 Å². The van der Waals surface area contributed by atoms with E-state index < -0.39 is 22.2 Å². The van der Waals surface area contributed by atoms with Crippen LogP contribution in [0.5, 0.6) is 0 Å². The lowest BCUT2D eigenvalue weighted by molar-refractivity contribution is 0.0941. The second-order valence-electron chi connectivity index (χ2n) is 10.6. The van der Waals surface area contributed by atoms with Gasteiger partial charge in [0.15, 0.2) is 11.5 Å². The Bertz CT molecular complexity index is 2130. The number of hydrogen-bond acceptors (Lipinski definition) is 6. The number of para-hydroxylation sites is 1. The summed E-state index contributed by atoms with van der Waals surface area (Å²) in [7, 11) is -4.01. The summed E-state index contributed by atoms with van der Waals surface area (Å²) in [6.45, 7) is 3.60. The van der Waals surface area contributed by atoms with Gasteiger partial charge in [0.1, 0.15) is 5.56 Å². The predicted octanol–water partition coefficient (Wildman–Crippen LogP) is 3.65. The molecule has 3 aromatic heterocycles. The highest BCUT2D eigenvalue weighted by molar-refractivity contribution is 7.90. The highest BCUT2D eigenvalue weighted by atomic mass is 32.2. The molecule has 0 aliphatic heterocycles. The first-order valence-corrected chi connectivity index (χ1v) is 15.9. The van der Waals surface area contributed by atoms with E-state index in [9.17, 15) is 18.0 Å². The van der Waals surface area contributed by atoms with Crippen LogP contribution in [0.1, 0.15) is 65.5 Å². The second-order valence-corrected chi connectivity index (χ2v) is 12.1. The van der Waals surface area contributed by atoms with Crippen LogP contribution in [0.25, 0.3) is 22.1 Å². The molecule has 0 saturated carbocycles. The number of nitrogens with zero attached hydrogens (tertiary/aromatic N) is 4. The Hall–Kier alpha value is -4.99. The number of pyridine rings is 1. The van der Waals surface area contributed by atoms with E-state index in [1.54, 1.807) is 23.8 Å². The quantitative estimate of drug-likeness (QED) is 0.230. The molecule has 3 heterocycles. The molecule has 1 amide bonds. The molecule has 1 aliphatic rings. The number of nitrogens with one attached hydrogen (secondary N) is 3. The molecule has 2 aromatic carbocycles. The maximum atomic E-state index is 14.4. The number of aromatic nitrogens is 4. The second kappa shape index (κ2) is 11.6. The minimum Gasteiger partial charge on any atom is -0.344 e. The van der Waals surface area contributed by atoms with Gasteiger partial charge in [-0.1, -0.05) is 37.1 Å². The molecule has 0 spiro atoms. The van der Waals surface area contributed by atoms with Gasteiger partial charge in [-0.2, -0.15) is 13.1 Å². The van der Waals surface area contributed by atoms with Crippen molar-refractivity contribution in [3.63, 3.8) is 0 Å². The van der Waals surface area contributed by atoms with Gasteiger partial charge in [0.25, 0.3) is 21.7 Å². The van der Waals surface area contributed by atoms with Gasteiger partial charge in [-0.15, -0.1) is 11.5 Å². The van der Waals surface area contributed by atoms with E-state index in [0.29, 0.717) is 28.8 Å². The summed E-state index contributed by atoms with van der Waals surface area (Å²) in [4.78, 5) is 32.7. The Labute approximate surface area is 254 Å². The van der Waals surface area contributed by atoms with Crippen molar-refractivity contribution >= 4 is 38.4 Å². The van der Waals surface area contributed by atoms with Gasteiger partial charge in [0, 0.05) is 30.2 Å². The van der Waals surface area contributed by atoms with Crippen molar-refractivity contribution in [3.05, 3.63) is 99.2 Å². The number of carbonyl (C=O) groups is 1. The van der Waals surface area contributed by atoms with E-state index in [2.05, 4.69) is 30.8 Å². The fourth-order valence-electron chi connectivity index (χ4n) is 6.04. The van der Waals surface area contributed by atoms with E-state index in [1.807, 2.05) is 49.4 Å². The van der Waals surface area contributed by atoms with Crippen LogP contribution in [0.4, 0.5) is 5.82 Å². The highest BCUT2D eigenvalue weighted by Crippen LogP contribution is 2.35. The van der Waals surface area contributed by atoms with E-state index in [1.165, 1.54) is 10.7 Å². The molecular weight excluding hydrogens is 578 g/mol. The number of amides is 1. The van der Waals surface area contributed by atoms with Crippen molar-refractivity contribution < 1.29 is 13.2 Å². The molecule has 12 heteroatoms. The summed E-state index contributed by atoms with van der Waals surface area (Å²) in [5, 5.41) is 8.66. The zero-order valence-electron chi connectivity index (χ0n) is 24.3. The monoisotopic (exact) mass is 609 g/mol. The Morgan fingerprint density at radius 3 is 2.61 bits per heavy atom. The van der Waals surface area contributed by atoms with Crippen LogP contribution >= 0.6 is 0 Å². The number of benzene rings is 2. The average Bonchev–Trinajstić information content (AvgIpc) is 3.22. The lowest BCUT2D eigenvalue weighted by Gasteiger charge is -2.25. The van der Waals surface area contributed by atoms with Crippen molar-refractivity contribution in [2.45, 2.75) is 45.6 Å². The minimum absolute atomic E-state index is 0.0468. The van der Waals surface area contributed by atoms with Crippen molar-refractivity contribution in [3.8, 4) is 18.0 Å². The maximum absolute atomic E-state index is 14.4. The molecular formula is C32H31N7O4S. The lowest BCUT2D eigenvalue weighted by atomic mass is 9.92. The summed E-state index contributed by atoms with van der Waals surface area (Å²) in [5.74, 6) is 1.92. The molecule has 1 aliphatic carbocycles. The first-order chi connectivity index (χ1) is 21.2. The summed E-state index contributed by atoms with van der Waals surface area (Å²) < 4.78 is 32.9. The van der Waals surface area contributed by atoms with Gasteiger partial charge in [-0.3, -0.25) is 18.9 Å². The van der Waals surface area contributed by atoms with E-state index in [0.717, 1.165) is 35.8 Å². The molecule has 0 saturated heterocycles. The zero-order chi connectivity index (χ0) is 31.0. The molecule has 224 valence electrons. The standard InChI is InChI=1S/C32H31N7O4S/c1-4-21-16-17-22-12-9-10-15-24-25(22)26(21)32(41)39(23-13-7-6-8-14-23)28(24)20(3)35-31(40)27-29(37-44(42,43)34-5-2)36-38-19-11-18-33-30(27)38/h1,6-8,11,13-14,16-20,34H,5,9-10,12,15H2,2-3H3,(H,35,40)(H,36,37)/t20-/m1/s1. The molecule has 6 rings (SSSR count). The number of carbonyl (C=O) groups excluding carboxylic acids is 1. The fraction of sp³-hybridized carbons (Fsp3) is 0.250. The number of terminal acetylenes is 1. The number of aryl methyl sites for hydroxylation is 2. The maximum Gasteiger partial charge on any atom is 0.300 e. The Morgan fingerprint density at radius 2 is 1.86 bits per heavy atom. The predicted molar refractivity (Wildman–Crippen MR) is 169 cm³/mol. The third kappa shape index (κ3) is 5.10. The van der Waals surface area contributed by atoms with Crippen molar-refractivity contribution in [1.82, 2.24) is 29.2 Å². The molecule has 0 bridgehead atoms. The van der Waals surface area contributed by atoms with Crippen LogP contribution < -0.4 is 20.3 Å². The first-order valence-electron chi connectivity index (χ1n) is 14.4. The molecule has 1 atom stereocenters. The van der Waals surface area contributed by atoms with Gasteiger partial charge in [0.05, 0.1) is 17.1 Å². The summed E-state index contributed by atoms with van der Waals surface area (Å²) >= 11 is 0. The number of fused-ring (bicyclic) bond motifs is 1. The zero-order valence-corrected chi connectivity index (χ0v) is 25.1. The third-order valence-corrected chi connectivity index (χ3v) is 8.93. The Balaban J connectivity index is 1.54. The molecule has 0 unspecified atom stereocenters. The lowest BCUT2D eigenvalue weighted by Crippen LogP contribution is -2.35. The number of hydrogen-bond donors (Lipinski definition) is 3. The molecule has 11 nitrogen and oxygen atoms in total. The molecule has 0 radical (unpaired) electrons. The van der Waals surface area contributed by atoms with Crippen molar-refractivity contribution in [2.75, 3.05) is 11.3 Å². The highest BCUT2D eigenvalue weighted by Gasteiger charge is 2.30. The van der Waals surface area contributed by atoms with Crippen LogP contribution in [-0.2, 0) is 23.1 Å². The largest absolute Gasteiger partial charge is 0.344 e. The normalized spacial score (nSPS) is 13.8. The van der Waals surface area contributed by atoms with Gasteiger partial charge < -0.3 is 5.32 Å². The Kier molecular flexibility index (Phi) is 7.67. The molecule has 3 N–H and O–H groups in total. The minimum atomic E-state index is -4.01. The molecule has 5 aromatic rings. The molecule has 44 heavy (non-hydrogen) atoms. The van der Waals surface area contributed by atoms with Crippen molar-refractivity contribution in [2.24, 2.45) is 0 Å². The third-order valence-electron chi connectivity index (χ3n) is 7.80. The summed E-state index contributed by atoms with van der Waals surface area (Å²) in [6.07, 6.45) is 12.3. The van der Waals surface area contributed by atoms with Gasteiger partial charge in [-0.05, 0) is 73.4 Å². The topological polar surface area (TPSA) is 139 Å². The van der Waals surface area contributed by atoms with E-state index >= 15 is 0 Å². The van der Waals surface area contributed by atoms with Gasteiger partial charge in [0.2, 0.25) is 0 Å². The van der Waals surface area contributed by atoms with Crippen LogP contribution in [-0.4, -0.2) is 40.0 Å². The van der Waals surface area contributed by atoms with Gasteiger partial charge in [-0.25, -0.2) is 9.50 Å².